The maximum Gasteiger partial charge on any atom is 0.318 e. The molecule has 0 aliphatic heterocycles. The van der Waals surface area contributed by atoms with E-state index in [4.69, 9.17) is 20.9 Å². The molecule has 0 spiro atoms. The molecule has 110 valence electrons. The lowest BCUT2D eigenvalue weighted by Gasteiger charge is -2.18. The number of methoxy groups -OCH3 is 1. The van der Waals surface area contributed by atoms with Gasteiger partial charge in [-0.15, -0.1) is 0 Å². The van der Waals surface area contributed by atoms with Gasteiger partial charge in [0.05, 0.1) is 7.11 Å². The molecule has 0 aromatic heterocycles. The number of amides is 3. The predicted octanol–water partition coefficient (Wildman–Crippen LogP) is 0.677. The van der Waals surface area contributed by atoms with E-state index in [-0.39, 0.29) is 6.04 Å². The van der Waals surface area contributed by atoms with Crippen molar-refractivity contribution in [3.05, 3.63) is 23.8 Å². The van der Waals surface area contributed by atoms with Gasteiger partial charge in [-0.25, -0.2) is 4.79 Å². The molecule has 0 saturated carbocycles. The van der Waals surface area contributed by atoms with Gasteiger partial charge >= 0.3 is 6.03 Å². The van der Waals surface area contributed by atoms with E-state index in [0.29, 0.717) is 11.5 Å². The highest BCUT2D eigenvalue weighted by atomic mass is 16.5. The van der Waals surface area contributed by atoms with Crippen LogP contribution in [0, 0.1) is 0 Å². The lowest BCUT2D eigenvalue weighted by molar-refractivity contribution is -0.126. The Morgan fingerprint density at radius 1 is 1.30 bits per heavy atom. The van der Waals surface area contributed by atoms with E-state index in [0.717, 1.165) is 5.56 Å². The van der Waals surface area contributed by atoms with Crippen LogP contribution in [0.3, 0.4) is 0 Å². The van der Waals surface area contributed by atoms with Gasteiger partial charge in [-0.3, -0.25) is 10.1 Å². The van der Waals surface area contributed by atoms with E-state index in [1.54, 1.807) is 25.1 Å². The number of rotatable bonds is 5. The molecule has 1 rings (SSSR count). The summed E-state index contributed by atoms with van der Waals surface area (Å²) in [7, 11) is 1.52. The van der Waals surface area contributed by atoms with Gasteiger partial charge in [0, 0.05) is 17.7 Å². The number of carbonyl (C=O) groups is 2. The Balaban J connectivity index is 2.94. The van der Waals surface area contributed by atoms with Gasteiger partial charge in [0.2, 0.25) is 0 Å². The van der Waals surface area contributed by atoms with Crippen molar-refractivity contribution in [2.75, 3.05) is 7.11 Å². The fourth-order valence-electron chi connectivity index (χ4n) is 1.59. The Labute approximate surface area is 117 Å². The Morgan fingerprint density at radius 3 is 2.45 bits per heavy atom. The third-order valence-electron chi connectivity index (χ3n) is 2.63. The van der Waals surface area contributed by atoms with E-state index in [1.165, 1.54) is 14.0 Å². The molecule has 0 bridgehead atoms. The van der Waals surface area contributed by atoms with Crippen LogP contribution in [0.2, 0.25) is 0 Å². The number of urea groups is 1. The number of hydrogen-bond donors (Lipinski definition) is 3. The van der Waals surface area contributed by atoms with E-state index in [1.807, 2.05) is 5.32 Å². The zero-order chi connectivity index (χ0) is 15.3. The van der Waals surface area contributed by atoms with E-state index >= 15 is 0 Å². The van der Waals surface area contributed by atoms with Crippen LogP contribution in [-0.4, -0.2) is 25.2 Å². The number of ether oxygens (including phenoxy) is 2. The van der Waals surface area contributed by atoms with Crippen LogP contribution in [-0.2, 0) is 4.79 Å². The van der Waals surface area contributed by atoms with Crippen molar-refractivity contribution in [3.63, 3.8) is 0 Å². The summed E-state index contributed by atoms with van der Waals surface area (Å²) < 4.78 is 10.6. The van der Waals surface area contributed by atoms with Crippen LogP contribution in [0.5, 0.6) is 11.5 Å². The molecule has 1 aromatic carbocycles. The molecule has 0 fully saturated rings. The molecule has 0 radical (unpaired) electrons. The van der Waals surface area contributed by atoms with Gasteiger partial charge in [0.1, 0.15) is 11.5 Å². The third kappa shape index (κ3) is 4.13. The van der Waals surface area contributed by atoms with Crippen molar-refractivity contribution in [3.8, 4) is 11.5 Å². The first-order valence-electron chi connectivity index (χ1n) is 6.05. The van der Waals surface area contributed by atoms with Gasteiger partial charge in [0.15, 0.2) is 6.10 Å². The fraction of sp³-hybridized carbons (Fsp3) is 0.385. The van der Waals surface area contributed by atoms with Crippen molar-refractivity contribution in [1.82, 2.24) is 5.32 Å². The van der Waals surface area contributed by atoms with Crippen LogP contribution in [0.25, 0.3) is 0 Å². The van der Waals surface area contributed by atoms with Gasteiger partial charge in [-0.2, -0.15) is 0 Å². The number of primary amides is 1. The average molecular weight is 281 g/mol. The summed E-state index contributed by atoms with van der Waals surface area (Å²) >= 11 is 0. The minimum absolute atomic E-state index is 0.276. The van der Waals surface area contributed by atoms with Crippen molar-refractivity contribution >= 4 is 11.9 Å². The standard InChI is InChI=1S/C13H19N3O4/c1-7(14)10-5-4-9(19-3)6-11(10)20-8(2)12(17)16-13(15)18/h4-8H,14H2,1-3H3,(H3,15,16,17,18)/t7-,8?/m0/s1. The molecule has 1 unspecified atom stereocenters. The summed E-state index contributed by atoms with van der Waals surface area (Å²) in [4.78, 5) is 22.2. The molecule has 0 aliphatic carbocycles. The minimum Gasteiger partial charge on any atom is -0.497 e. The largest absolute Gasteiger partial charge is 0.497 e. The van der Waals surface area contributed by atoms with Gasteiger partial charge in [-0.05, 0) is 19.9 Å². The van der Waals surface area contributed by atoms with E-state index < -0.39 is 18.0 Å². The Bertz CT molecular complexity index is 502. The van der Waals surface area contributed by atoms with Crippen molar-refractivity contribution in [2.45, 2.75) is 26.0 Å². The van der Waals surface area contributed by atoms with E-state index in [9.17, 15) is 9.59 Å². The molecule has 7 nitrogen and oxygen atoms in total. The van der Waals surface area contributed by atoms with Crippen molar-refractivity contribution in [2.24, 2.45) is 11.5 Å². The summed E-state index contributed by atoms with van der Waals surface area (Å²) in [5.41, 5.74) is 11.5. The molecular weight excluding hydrogens is 262 g/mol. The zero-order valence-electron chi connectivity index (χ0n) is 11.7. The maximum atomic E-state index is 11.6. The second-order valence-corrected chi connectivity index (χ2v) is 4.31. The smallest absolute Gasteiger partial charge is 0.318 e. The molecule has 5 N–H and O–H groups in total. The van der Waals surface area contributed by atoms with Crippen LogP contribution < -0.4 is 26.3 Å². The third-order valence-corrected chi connectivity index (χ3v) is 2.63. The number of carbonyl (C=O) groups excluding carboxylic acids is 2. The molecule has 20 heavy (non-hydrogen) atoms. The van der Waals surface area contributed by atoms with Gasteiger partial charge < -0.3 is 20.9 Å². The summed E-state index contributed by atoms with van der Waals surface area (Å²) in [6.07, 6.45) is -0.896. The molecule has 3 amide bonds. The number of nitrogens with two attached hydrogens (primary N) is 2. The molecule has 2 atom stereocenters. The lowest BCUT2D eigenvalue weighted by Crippen LogP contribution is -2.42. The van der Waals surface area contributed by atoms with Crippen LogP contribution in [0.15, 0.2) is 18.2 Å². The SMILES string of the molecule is COc1ccc([C@H](C)N)c(OC(C)C(=O)NC(N)=O)c1. The first-order valence-corrected chi connectivity index (χ1v) is 6.05. The molecule has 0 saturated heterocycles. The first-order chi connectivity index (χ1) is 9.35. The molecule has 7 heteroatoms. The van der Waals surface area contributed by atoms with Gasteiger partial charge in [0.25, 0.3) is 5.91 Å². The highest BCUT2D eigenvalue weighted by Crippen LogP contribution is 2.29. The molecular formula is C13H19N3O4. The Kier molecular flexibility index (Phi) is 5.33. The molecule has 1 aromatic rings. The minimum atomic E-state index is -0.927. The maximum absolute atomic E-state index is 11.6. The number of benzene rings is 1. The summed E-state index contributed by atoms with van der Waals surface area (Å²) in [6.45, 7) is 3.30. The predicted molar refractivity (Wildman–Crippen MR) is 73.4 cm³/mol. The zero-order valence-corrected chi connectivity index (χ0v) is 11.7. The van der Waals surface area contributed by atoms with Crippen molar-refractivity contribution in [1.29, 1.82) is 0 Å². The second-order valence-electron chi connectivity index (χ2n) is 4.31. The quantitative estimate of drug-likeness (QED) is 0.733. The lowest BCUT2D eigenvalue weighted by atomic mass is 10.1. The van der Waals surface area contributed by atoms with Gasteiger partial charge in [-0.1, -0.05) is 6.07 Å². The number of nitrogens with one attached hydrogen (secondary N) is 1. The fourth-order valence-corrected chi connectivity index (χ4v) is 1.59. The summed E-state index contributed by atoms with van der Waals surface area (Å²) in [6, 6.07) is 3.94. The summed E-state index contributed by atoms with van der Waals surface area (Å²) in [5.74, 6) is 0.370. The average Bonchev–Trinajstić information content (AvgIpc) is 2.37. The molecule has 0 aliphatic rings. The Morgan fingerprint density at radius 2 is 1.95 bits per heavy atom. The second kappa shape index (κ2) is 6.76. The number of imide groups is 1. The van der Waals surface area contributed by atoms with Crippen molar-refractivity contribution < 1.29 is 19.1 Å². The van der Waals surface area contributed by atoms with E-state index in [2.05, 4.69) is 0 Å². The summed E-state index contributed by atoms with van der Waals surface area (Å²) in [5, 5.41) is 1.95. The van der Waals surface area contributed by atoms with Crippen LogP contribution in [0.4, 0.5) is 4.79 Å². The first kappa shape index (κ1) is 15.8. The normalized spacial score (nSPS) is 13.2. The highest BCUT2D eigenvalue weighted by molar-refractivity contribution is 5.95. The number of hydrogen-bond acceptors (Lipinski definition) is 5. The van der Waals surface area contributed by atoms with Crippen LogP contribution >= 0.6 is 0 Å². The topological polar surface area (TPSA) is 117 Å². The highest BCUT2D eigenvalue weighted by Gasteiger charge is 2.19. The van der Waals surface area contributed by atoms with Crippen LogP contribution in [0.1, 0.15) is 25.5 Å². The molecule has 0 heterocycles. The Hall–Kier alpha value is -2.28. The monoisotopic (exact) mass is 281 g/mol.